The molecule has 4 rings (SSSR count). The lowest BCUT2D eigenvalue weighted by molar-refractivity contribution is -0.137. The van der Waals surface area contributed by atoms with Crippen LogP contribution in [0.5, 0.6) is 0 Å². The molecule has 5 heteroatoms. The Morgan fingerprint density at radius 2 is 1.92 bits per heavy atom. The molecule has 0 aromatic heterocycles. The number of rotatable bonds is 1. The number of hydrogen-bond acceptors (Lipinski definition) is 1. The first-order valence-corrected chi connectivity index (χ1v) is 8.08. The van der Waals surface area contributed by atoms with Gasteiger partial charge in [0, 0.05) is 16.8 Å². The predicted octanol–water partition coefficient (Wildman–Crippen LogP) is 5.24. The van der Waals surface area contributed by atoms with Gasteiger partial charge in [0.25, 0.3) is 5.91 Å². The maximum Gasteiger partial charge on any atom is 0.416 e. The van der Waals surface area contributed by atoms with E-state index in [9.17, 15) is 18.0 Å². The van der Waals surface area contributed by atoms with Gasteiger partial charge in [-0.2, -0.15) is 13.2 Å². The Morgan fingerprint density at radius 1 is 1.12 bits per heavy atom. The van der Waals surface area contributed by atoms with E-state index in [2.05, 4.69) is 11.4 Å². The third-order valence-corrected chi connectivity index (χ3v) is 4.87. The first-order valence-electron chi connectivity index (χ1n) is 8.08. The van der Waals surface area contributed by atoms with Gasteiger partial charge >= 0.3 is 6.18 Å². The van der Waals surface area contributed by atoms with Crippen LogP contribution in [0.25, 0.3) is 5.57 Å². The molecule has 0 fully saturated rings. The molecule has 1 aromatic rings. The fraction of sp³-hybridized carbons (Fsp3) is 0.316. The number of benzene rings is 1. The summed E-state index contributed by atoms with van der Waals surface area (Å²) in [4.78, 5) is 12.2. The zero-order chi connectivity index (χ0) is 16.9. The van der Waals surface area contributed by atoms with Crippen LogP contribution in [0.3, 0.4) is 0 Å². The maximum atomic E-state index is 12.9. The van der Waals surface area contributed by atoms with Crippen molar-refractivity contribution in [1.82, 2.24) is 0 Å². The molecule has 3 aliphatic rings. The zero-order valence-electron chi connectivity index (χ0n) is 13.0. The van der Waals surface area contributed by atoms with Crippen LogP contribution < -0.4 is 5.32 Å². The number of allylic oxidation sites excluding steroid dienone is 5. The summed E-state index contributed by atoms with van der Waals surface area (Å²) in [5.41, 5.74) is 4.13. The molecule has 2 nitrogen and oxygen atoms in total. The maximum absolute atomic E-state index is 12.9. The zero-order valence-corrected chi connectivity index (χ0v) is 13.0. The molecule has 0 saturated heterocycles. The van der Waals surface area contributed by atoms with E-state index in [4.69, 9.17) is 0 Å². The Labute approximate surface area is 137 Å². The lowest BCUT2D eigenvalue weighted by Crippen LogP contribution is -2.04. The van der Waals surface area contributed by atoms with Gasteiger partial charge in [-0.15, -0.1) is 0 Å². The number of hydrogen-bond donors (Lipinski definition) is 1. The molecule has 0 unspecified atom stereocenters. The van der Waals surface area contributed by atoms with Crippen LogP contribution >= 0.6 is 0 Å². The number of carbonyl (C=O) groups excluding carboxylic acids is 1. The average Bonchev–Trinajstić information content (AvgIpc) is 3.07. The number of halogens is 3. The number of fused-ring (bicyclic) bond motifs is 1. The second-order valence-electron chi connectivity index (χ2n) is 6.50. The van der Waals surface area contributed by atoms with Gasteiger partial charge in [-0.3, -0.25) is 4.79 Å². The van der Waals surface area contributed by atoms with Crippen molar-refractivity contribution >= 4 is 17.2 Å². The molecule has 1 aromatic carbocycles. The molecule has 1 amide bonds. The SMILES string of the molecule is O=C1Nc2ccc(C(F)(F)F)cc2C1=CC1=CC2=C(CCCC2)C1. The summed E-state index contributed by atoms with van der Waals surface area (Å²) in [6.07, 6.45) is 4.74. The molecule has 0 bridgehead atoms. The fourth-order valence-electron chi connectivity index (χ4n) is 3.67. The second-order valence-corrected chi connectivity index (χ2v) is 6.50. The van der Waals surface area contributed by atoms with Crippen LogP contribution in [0.4, 0.5) is 18.9 Å². The number of alkyl halides is 3. The quantitative estimate of drug-likeness (QED) is 0.700. The van der Waals surface area contributed by atoms with Crippen LogP contribution in [0, 0.1) is 0 Å². The third-order valence-electron chi connectivity index (χ3n) is 4.87. The fourth-order valence-corrected chi connectivity index (χ4v) is 3.67. The Balaban J connectivity index is 1.69. The van der Waals surface area contributed by atoms with Gasteiger partial charge in [-0.25, -0.2) is 0 Å². The molecule has 0 spiro atoms. The molecule has 2 aliphatic carbocycles. The lowest BCUT2D eigenvalue weighted by Gasteiger charge is -2.12. The van der Waals surface area contributed by atoms with Crippen molar-refractivity contribution < 1.29 is 18.0 Å². The highest BCUT2D eigenvalue weighted by Crippen LogP contribution is 2.41. The summed E-state index contributed by atoms with van der Waals surface area (Å²) in [7, 11) is 0. The predicted molar refractivity (Wildman–Crippen MR) is 86.2 cm³/mol. The third kappa shape index (κ3) is 2.58. The first kappa shape index (κ1) is 15.2. The number of carbonyl (C=O) groups is 1. The molecule has 0 radical (unpaired) electrons. The van der Waals surface area contributed by atoms with Gasteiger partial charge in [0.2, 0.25) is 0 Å². The number of nitrogens with one attached hydrogen (secondary N) is 1. The normalized spacial score (nSPS) is 21.7. The Hall–Kier alpha value is -2.30. The van der Waals surface area contributed by atoms with Crippen LogP contribution in [0.15, 0.2) is 47.1 Å². The number of amides is 1. The van der Waals surface area contributed by atoms with E-state index < -0.39 is 11.7 Å². The summed E-state index contributed by atoms with van der Waals surface area (Å²) < 4.78 is 38.8. The Morgan fingerprint density at radius 3 is 2.67 bits per heavy atom. The molecular weight excluding hydrogens is 315 g/mol. The summed E-state index contributed by atoms with van der Waals surface area (Å²) in [6, 6.07) is 3.38. The van der Waals surface area contributed by atoms with Crippen molar-refractivity contribution in [3.05, 3.63) is 58.2 Å². The molecular formula is C19H16F3NO. The largest absolute Gasteiger partial charge is 0.416 e. The smallest absolute Gasteiger partial charge is 0.321 e. The van der Waals surface area contributed by atoms with Crippen molar-refractivity contribution in [2.24, 2.45) is 0 Å². The van der Waals surface area contributed by atoms with Crippen LogP contribution in [-0.4, -0.2) is 5.91 Å². The van der Waals surface area contributed by atoms with Crippen molar-refractivity contribution in [3.63, 3.8) is 0 Å². The van der Waals surface area contributed by atoms with Gasteiger partial charge in [-0.1, -0.05) is 11.6 Å². The van der Waals surface area contributed by atoms with E-state index in [0.29, 0.717) is 16.8 Å². The van der Waals surface area contributed by atoms with Crippen molar-refractivity contribution in [3.8, 4) is 0 Å². The van der Waals surface area contributed by atoms with E-state index in [1.807, 2.05) is 0 Å². The van der Waals surface area contributed by atoms with Gasteiger partial charge in [0.1, 0.15) is 0 Å². The van der Waals surface area contributed by atoms with Crippen molar-refractivity contribution in [2.45, 2.75) is 38.3 Å². The second kappa shape index (κ2) is 5.36. The van der Waals surface area contributed by atoms with E-state index in [1.165, 1.54) is 30.1 Å². The minimum Gasteiger partial charge on any atom is -0.321 e. The molecule has 0 atom stereocenters. The van der Waals surface area contributed by atoms with Gasteiger partial charge in [-0.05, 0) is 67.5 Å². The van der Waals surface area contributed by atoms with Crippen molar-refractivity contribution in [1.29, 1.82) is 0 Å². The van der Waals surface area contributed by atoms with Crippen LogP contribution in [0.1, 0.15) is 43.2 Å². The Bertz CT molecular complexity index is 828. The molecule has 24 heavy (non-hydrogen) atoms. The topological polar surface area (TPSA) is 29.1 Å². The summed E-state index contributed by atoms with van der Waals surface area (Å²) in [5, 5.41) is 2.65. The minimum atomic E-state index is -4.42. The van der Waals surface area contributed by atoms with E-state index in [1.54, 1.807) is 6.08 Å². The lowest BCUT2D eigenvalue weighted by atomic mass is 9.93. The van der Waals surface area contributed by atoms with E-state index in [-0.39, 0.29) is 5.91 Å². The highest BCUT2D eigenvalue weighted by Gasteiger charge is 2.34. The van der Waals surface area contributed by atoms with Crippen LogP contribution in [-0.2, 0) is 11.0 Å². The first-order chi connectivity index (χ1) is 11.4. The summed E-state index contributed by atoms with van der Waals surface area (Å²) in [5.74, 6) is -0.338. The van der Waals surface area contributed by atoms with Gasteiger partial charge in [0.15, 0.2) is 0 Å². The highest BCUT2D eigenvalue weighted by atomic mass is 19.4. The van der Waals surface area contributed by atoms with Gasteiger partial charge < -0.3 is 5.32 Å². The molecule has 0 saturated carbocycles. The minimum absolute atomic E-state index is 0.321. The monoisotopic (exact) mass is 331 g/mol. The Kier molecular flexibility index (Phi) is 3.41. The van der Waals surface area contributed by atoms with Crippen molar-refractivity contribution in [2.75, 3.05) is 5.32 Å². The van der Waals surface area contributed by atoms with Gasteiger partial charge in [0.05, 0.1) is 5.56 Å². The molecule has 1 heterocycles. The molecule has 1 N–H and O–H groups in total. The summed E-state index contributed by atoms with van der Waals surface area (Å²) >= 11 is 0. The standard InChI is InChI=1S/C19H16F3NO/c20-19(21,22)14-5-6-17-15(10-14)16(18(24)23-17)9-11-7-12-3-1-2-4-13(12)8-11/h5-7,9-10H,1-4,8H2,(H,23,24). The molecule has 1 aliphatic heterocycles. The van der Waals surface area contributed by atoms with E-state index >= 15 is 0 Å². The summed E-state index contributed by atoms with van der Waals surface area (Å²) in [6.45, 7) is 0. The highest BCUT2D eigenvalue weighted by molar-refractivity contribution is 6.31. The average molecular weight is 331 g/mol. The van der Waals surface area contributed by atoms with E-state index in [0.717, 1.165) is 37.0 Å². The molecule has 124 valence electrons. The van der Waals surface area contributed by atoms with Crippen LogP contribution in [0.2, 0.25) is 0 Å². The number of anilines is 1.